The number of Topliss-reactive ketones (excluding diaryl/α,β-unsaturated/α-hetero) is 1. The lowest BCUT2D eigenvalue weighted by Crippen LogP contribution is -2.20. The molecule has 0 fully saturated rings. The molecule has 0 radical (unpaired) electrons. The number of unbranched alkanes of at least 4 members (excludes halogenated alkanes) is 1. The van der Waals surface area contributed by atoms with Crippen molar-refractivity contribution in [2.45, 2.75) is 58.8 Å². The molecule has 6 heteroatoms. The Morgan fingerprint density at radius 1 is 0.829 bits per heavy atom. The Labute approximate surface area is 242 Å². The Balaban J connectivity index is 1.37. The van der Waals surface area contributed by atoms with Crippen LogP contribution in [0, 0.1) is 5.92 Å². The van der Waals surface area contributed by atoms with E-state index >= 15 is 0 Å². The average Bonchev–Trinajstić information content (AvgIpc) is 2.97. The maximum Gasteiger partial charge on any atom is 0.307 e. The minimum atomic E-state index is -0.979. The van der Waals surface area contributed by atoms with Gasteiger partial charge in [-0.1, -0.05) is 94.8 Å². The summed E-state index contributed by atoms with van der Waals surface area (Å²) >= 11 is 0. The molecule has 0 aliphatic heterocycles. The smallest absolute Gasteiger partial charge is 0.307 e. The molecule has 0 saturated carbocycles. The number of rotatable bonds is 12. The SMILES string of the molecule is CCCCOc1ccc(-c2cnc(-c3ccc(C[C@H](CC(=O)c4ccc(C(C)(C)C)cc4)C(=O)O)cc3)nc2)cc1. The van der Waals surface area contributed by atoms with Crippen LogP contribution in [0.2, 0.25) is 0 Å². The van der Waals surface area contributed by atoms with Crippen LogP contribution in [0.1, 0.15) is 68.4 Å². The first kappa shape index (κ1) is 29.7. The van der Waals surface area contributed by atoms with Gasteiger partial charge in [0.25, 0.3) is 0 Å². The van der Waals surface area contributed by atoms with E-state index in [-0.39, 0.29) is 24.0 Å². The molecule has 4 aromatic rings. The Hall–Kier alpha value is -4.32. The third-order valence-corrected chi connectivity index (χ3v) is 7.15. The Morgan fingerprint density at radius 3 is 2.00 bits per heavy atom. The largest absolute Gasteiger partial charge is 0.494 e. The maximum absolute atomic E-state index is 12.9. The fourth-order valence-electron chi connectivity index (χ4n) is 4.52. The van der Waals surface area contributed by atoms with Gasteiger partial charge in [-0.05, 0) is 47.1 Å². The van der Waals surface area contributed by atoms with Crippen LogP contribution in [-0.4, -0.2) is 33.4 Å². The number of carboxylic acid groups (broad SMARTS) is 1. The summed E-state index contributed by atoms with van der Waals surface area (Å²) in [7, 11) is 0. The second kappa shape index (κ2) is 13.4. The summed E-state index contributed by atoms with van der Waals surface area (Å²) in [6.07, 6.45) is 5.93. The Morgan fingerprint density at radius 2 is 1.44 bits per heavy atom. The molecule has 0 amide bonds. The van der Waals surface area contributed by atoms with E-state index in [2.05, 4.69) is 37.7 Å². The highest BCUT2D eigenvalue weighted by atomic mass is 16.5. The van der Waals surface area contributed by atoms with E-state index in [0.29, 0.717) is 18.0 Å². The molecule has 1 aromatic heterocycles. The molecule has 6 nitrogen and oxygen atoms in total. The summed E-state index contributed by atoms with van der Waals surface area (Å²) in [5.41, 5.74) is 5.25. The summed E-state index contributed by atoms with van der Waals surface area (Å²) in [6.45, 7) is 9.19. The average molecular weight is 551 g/mol. The lowest BCUT2D eigenvalue weighted by Gasteiger charge is -2.19. The van der Waals surface area contributed by atoms with Crippen LogP contribution in [0.25, 0.3) is 22.5 Å². The molecule has 0 unspecified atom stereocenters. The number of ketones is 1. The number of ether oxygens (including phenoxy) is 1. The van der Waals surface area contributed by atoms with Crippen LogP contribution in [-0.2, 0) is 16.6 Å². The molecule has 0 aliphatic carbocycles. The number of nitrogens with zero attached hydrogens (tertiary/aromatic N) is 2. The molecule has 0 bridgehead atoms. The highest BCUT2D eigenvalue weighted by Gasteiger charge is 2.23. The van der Waals surface area contributed by atoms with Crippen LogP contribution < -0.4 is 4.74 Å². The van der Waals surface area contributed by atoms with Gasteiger partial charge in [-0.3, -0.25) is 9.59 Å². The quantitative estimate of drug-likeness (QED) is 0.143. The second-order valence-electron chi connectivity index (χ2n) is 11.4. The van der Waals surface area contributed by atoms with Gasteiger partial charge in [0, 0.05) is 35.5 Å². The molecule has 0 saturated heterocycles. The number of benzene rings is 3. The minimum absolute atomic E-state index is 0.0139. The molecular formula is C35H38N2O4. The van der Waals surface area contributed by atoms with Crippen LogP contribution in [0.4, 0.5) is 0 Å². The fraction of sp³-hybridized carbons (Fsp3) is 0.314. The van der Waals surface area contributed by atoms with Crippen LogP contribution in [0.15, 0.2) is 85.2 Å². The lowest BCUT2D eigenvalue weighted by molar-refractivity contribution is -0.141. The zero-order chi connectivity index (χ0) is 29.4. The summed E-state index contributed by atoms with van der Waals surface area (Å²) in [4.78, 5) is 33.9. The molecule has 3 aromatic carbocycles. The van der Waals surface area contributed by atoms with Gasteiger partial charge in [0.1, 0.15) is 5.75 Å². The van der Waals surface area contributed by atoms with Gasteiger partial charge < -0.3 is 9.84 Å². The van der Waals surface area contributed by atoms with Gasteiger partial charge in [-0.2, -0.15) is 0 Å². The van der Waals surface area contributed by atoms with Crippen molar-refractivity contribution in [2.75, 3.05) is 6.61 Å². The van der Waals surface area contributed by atoms with Crippen molar-refractivity contribution in [2.24, 2.45) is 5.92 Å². The first-order valence-corrected chi connectivity index (χ1v) is 14.1. The molecular weight excluding hydrogens is 512 g/mol. The van der Waals surface area contributed by atoms with E-state index in [9.17, 15) is 14.7 Å². The van der Waals surface area contributed by atoms with Gasteiger partial charge >= 0.3 is 5.97 Å². The van der Waals surface area contributed by atoms with Crippen molar-refractivity contribution in [3.05, 3.63) is 102 Å². The Kier molecular flexibility index (Phi) is 9.66. The number of aliphatic carboxylic acids is 1. The summed E-state index contributed by atoms with van der Waals surface area (Å²) in [5.74, 6) is -0.517. The predicted octanol–water partition coefficient (Wildman–Crippen LogP) is 7.80. The standard InChI is InChI=1S/C35H38N2O4/c1-5-6-19-41-31-17-13-25(14-18-31)29-22-36-33(37-23-29)27-9-7-24(8-10-27)20-28(34(39)40)21-32(38)26-11-15-30(16-12-26)35(2,3)4/h7-18,22-23,28H,5-6,19-21H2,1-4H3,(H,39,40)/t28-/m1/s1. The number of aromatic nitrogens is 2. The van der Waals surface area contributed by atoms with Crippen molar-refractivity contribution in [1.82, 2.24) is 9.97 Å². The number of carbonyl (C=O) groups excluding carboxylic acids is 1. The second-order valence-corrected chi connectivity index (χ2v) is 11.4. The van der Waals surface area contributed by atoms with E-state index in [1.54, 1.807) is 24.5 Å². The third-order valence-electron chi connectivity index (χ3n) is 7.15. The zero-order valence-electron chi connectivity index (χ0n) is 24.3. The van der Waals surface area contributed by atoms with Gasteiger partial charge in [-0.15, -0.1) is 0 Å². The van der Waals surface area contributed by atoms with Crippen LogP contribution in [0.5, 0.6) is 5.75 Å². The highest BCUT2D eigenvalue weighted by molar-refractivity contribution is 5.98. The number of carboxylic acids is 1. The summed E-state index contributed by atoms with van der Waals surface area (Å²) in [5, 5.41) is 9.82. The molecule has 1 N–H and O–H groups in total. The maximum atomic E-state index is 12.9. The third kappa shape index (κ3) is 8.10. The van der Waals surface area contributed by atoms with Crippen molar-refractivity contribution < 1.29 is 19.4 Å². The minimum Gasteiger partial charge on any atom is -0.494 e. The molecule has 1 heterocycles. The van der Waals surface area contributed by atoms with Crippen molar-refractivity contribution in [3.63, 3.8) is 0 Å². The number of hydrogen-bond acceptors (Lipinski definition) is 5. The van der Waals surface area contributed by atoms with Crippen molar-refractivity contribution in [3.8, 4) is 28.3 Å². The van der Waals surface area contributed by atoms with E-state index in [0.717, 1.165) is 46.4 Å². The first-order valence-electron chi connectivity index (χ1n) is 14.1. The summed E-state index contributed by atoms with van der Waals surface area (Å²) in [6, 6.07) is 22.9. The zero-order valence-corrected chi connectivity index (χ0v) is 24.3. The molecule has 0 spiro atoms. The van der Waals surface area contributed by atoms with E-state index in [1.165, 1.54) is 0 Å². The normalized spacial score (nSPS) is 12.1. The monoisotopic (exact) mass is 550 g/mol. The predicted molar refractivity (Wildman–Crippen MR) is 162 cm³/mol. The van der Waals surface area contributed by atoms with Crippen LogP contribution in [0.3, 0.4) is 0 Å². The van der Waals surface area contributed by atoms with E-state index in [1.807, 2.05) is 60.7 Å². The topological polar surface area (TPSA) is 89.4 Å². The van der Waals surface area contributed by atoms with E-state index in [4.69, 9.17) is 4.74 Å². The molecule has 1 atom stereocenters. The summed E-state index contributed by atoms with van der Waals surface area (Å²) < 4.78 is 5.73. The number of carbonyl (C=O) groups is 2. The molecule has 0 aliphatic rings. The molecule has 212 valence electrons. The van der Waals surface area contributed by atoms with E-state index < -0.39 is 11.9 Å². The van der Waals surface area contributed by atoms with Crippen LogP contribution >= 0.6 is 0 Å². The Bertz CT molecular complexity index is 1440. The van der Waals surface area contributed by atoms with Crippen molar-refractivity contribution in [1.29, 1.82) is 0 Å². The highest BCUT2D eigenvalue weighted by Crippen LogP contribution is 2.25. The first-order chi connectivity index (χ1) is 19.6. The fourth-order valence-corrected chi connectivity index (χ4v) is 4.52. The van der Waals surface area contributed by atoms with Gasteiger partial charge in [0.05, 0.1) is 12.5 Å². The van der Waals surface area contributed by atoms with Crippen molar-refractivity contribution >= 4 is 11.8 Å². The van der Waals surface area contributed by atoms with Gasteiger partial charge in [-0.25, -0.2) is 9.97 Å². The van der Waals surface area contributed by atoms with Gasteiger partial charge in [0.2, 0.25) is 0 Å². The molecule has 41 heavy (non-hydrogen) atoms. The lowest BCUT2D eigenvalue weighted by atomic mass is 9.86. The number of hydrogen-bond donors (Lipinski definition) is 1. The molecule has 4 rings (SSSR count). The van der Waals surface area contributed by atoms with Gasteiger partial charge in [0.15, 0.2) is 11.6 Å².